The zero-order valence-corrected chi connectivity index (χ0v) is 64.1. The summed E-state index contributed by atoms with van der Waals surface area (Å²) in [6.07, 6.45) is -10.4. The lowest BCUT2D eigenvalue weighted by molar-refractivity contribution is -0.284. The quantitative estimate of drug-likeness (QED) is 0.0516. The lowest BCUT2D eigenvalue weighted by Gasteiger charge is -2.44. The van der Waals surface area contributed by atoms with E-state index in [2.05, 4.69) is 47.9 Å². The van der Waals surface area contributed by atoms with E-state index in [1.165, 1.54) is 36.4 Å². The van der Waals surface area contributed by atoms with Crippen molar-refractivity contribution in [3.63, 3.8) is 0 Å². The Hall–Kier alpha value is -14.0. The molecule has 13 atom stereocenters. The van der Waals surface area contributed by atoms with E-state index < -0.39 is 229 Å². The molecule has 616 valence electrons. The number of carbonyl (C=O) groups excluding carboxylic acids is 8. The van der Waals surface area contributed by atoms with Crippen LogP contribution in [0.3, 0.4) is 0 Å². The van der Waals surface area contributed by atoms with E-state index in [1.54, 1.807) is 0 Å². The summed E-state index contributed by atoms with van der Waals surface area (Å²) in [5, 5.41) is 127. The molecule has 10 aromatic rings. The number of anilines is 2. The molecule has 17 bridgehead atoms. The van der Waals surface area contributed by atoms with Gasteiger partial charge in [0, 0.05) is 48.7 Å². The average Bonchev–Trinajstić information content (AvgIpc) is 0.833. The van der Waals surface area contributed by atoms with Gasteiger partial charge in [-0.15, -0.1) is 0 Å². The lowest BCUT2D eigenvalue weighted by atomic mass is 9.89. The summed E-state index contributed by atoms with van der Waals surface area (Å²) in [5.41, 5.74) is -2.68. The van der Waals surface area contributed by atoms with Crippen molar-refractivity contribution < 1.29 is 113 Å². The number of nitrogens with one attached hydrogen (secondary N) is 9. The number of halogens is 2. The molecule has 0 unspecified atom stereocenters. The number of aromatic hydroxyl groups is 6. The highest BCUT2D eigenvalue weighted by molar-refractivity contribution is 6.32. The van der Waals surface area contributed by atoms with E-state index in [-0.39, 0.29) is 68.0 Å². The molecule has 10 aromatic carbocycles. The molecule has 0 aromatic heterocycles. The number of hydrogen-bond donors (Lipinski definition) is 18. The molecule has 1 fully saturated rings. The second-order valence-corrected chi connectivity index (χ2v) is 29.6. The van der Waals surface area contributed by atoms with E-state index >= 15 is 28.8 Å². The number of amides is 7. The molecule has 7 aliphatic heterocycles. The van der Waals surface area contributed by atoms with Crippen LogP contribution >= 0.6 is 23.2 Å². The third-order valence-electron chi connectivity index (χ3n) is 20.8. The van der Waals surface area contributed by atoms with Crippen molar-refractivity contribution >= 4 is 81.9 Å². The van der Waals surface area contributed by atoms with Crippen LogP contribution in [0.2, 0.25) is 10.0 Å². The van der Waals surface area contributed by atoms with E-state index in [0.29, 0.717) is 5.56 Å². The highest BCUT2D eigenvalue weighted by atomic mass is 35.5. The van der Waals surface area contributed by atoms with Gasteiger partial charge in [-0.3, -0.25) is 43.2 Å². The number of carbonyl (C=O) groups is 8. The minimum Gasteiger partial charge on any atom is -0.508 e. The number of ether oxygens (including phenoxy) is 6. The molecule has 34 nitrogen and oxygen atoms in total. The van der Waals surface area contributed by atoms with Gasteiger partial charge < -0.3 is 122 Å². The Morgan fingerprint density at radius 2 is 1.14 bits per heavy atom. The number of phenolic OH excluding ortho intramolecular Hbond substituents is 6. The second kappa shape index (κ2) is 33.2. The fourth-order valence-corrected chi connectivity index (χ4v) is 15.3. The Morgan fingerprint density at radius 1 is 0.533 bits per heavy atom. The van der Waals surface area contributed by atoms with E-state index in [1.807, 2.05) is 54.6 Å². The first-order valence-electron chi connectivity index (χ1n) is 37.0. The zero-order chi connectivity index (χ0) is 85.0. The van der Waals surface area contributed by atoms with Crippen LogP contribution in [0, 0.1) is 0 Å². The smallest absolute Gasteiger partial charge is 0.333 e. The van der Waals surface area contributed by atoms with Gasteiger partial charge in [0.05, 0.1) is 23.8 Å². The number of phenols is 6. The van der Waals surface area contributed by atoms with Crippen LogP contribution in [0.1, 0.15) is 87.7 Å². The topological polar surface area (TPSA) is 516 Å². The Bertz CT molecular complexity index is 5910. The molecule has 0 radical (unpaired) electrons. The standard InChI is InChI=1S/C84H71Cl2N9O25/c1-34(97)88-69-75(107)72(104)60(33-96)119-84(69)120-76-41-15-19-56(50(86)25-41)118-59-28-43-27-58(71(59)103)117-55-18-10-36(20-49(55)85)21-51-77(108)91-64(80(111)93-65(43)81(112)92-63-39-13-16-52(100)47(24-39)61-48(30-45(99)31-54(61)102)66(83(114)115-2)94-82(113)70(76)95-79(63)110)42-22-44(98)29-46(23-42)116-57-26-40(14-17-53(57)101)62(78(109)89-51)90-68-67(73(105)74(68)106)87-32-35-8-11-38(12-9-35)37-6-4-3-5-7-37/h3-20,22-31,51,60,62-66,69-70,72,75-76,84,87,90,96,98-104,107H,21,32-33H2,1-2H3,(H,88,97)(H,89,109)(H,91,108)(H,92,112)(H,93,111)(H,94,113)(H,95,110)/t51-,60-,62-,63-,64+,65-,66-,69-,70+,72-,75-,76-,84+/m1/s1. The fourth-order valence-electron chi connectivity index (χ4n) is 14.8. The van der Waals surface area contributed by atoms with E-state index in [9.17, 15) is 65.1 Å². The number of hydrogen-bond acceptors (Lipinski definition) is 27. The highest BCUT2D eigenvalue weighted by Gasteiger charge is 2.50. The minimum atomic E-state index is -2.37. The summed E-state index contributed by atoms with van der Waals surface area (Å²) < 4.78 is 36.8. The van der Waals surface area contributed by atoms with Gasteiger partial charge in [0.2, 0.25) is 47.1 Å². The maximum absolute atomic E-state index is 16.4. The Kier molecular flexibility index (Phi) is 22.4. The average molecular weight is 1680 g/mol. The minimum absolute atomic E-state index is 0.0178. The Morgan fingerprint density at radius 3 is 1.82 bits per heavy atom. The molecule has 17 rings (SSSR count). The van der Waals surface area contributed by atoms with Gasteiger partial charge in [0.25, 0.3) is 10.9 Å². The lowest BCUT2D eigenvalue weighted by Crippen LogP contribution is -2.65. The molecule has 0 saturated carbocycles. The molecular weight excluding hydrogens is 1610 g/mol. The van der Waals surface area contributed by atoms with Crippen LogP contribution in [-0.4, -0.2) is 150 Å². The van der Waals surface area contributed by atoms with Crippen molar-refractivity contribution in [3.8, 4) is 91.2 Å². The van der Waals surface area contributed by atoms with Crippen molar-refractivity contribution in [2.75, 3.05) is 24.4 Å². The van der Waals surface area contributed by atoms with Crippen LogP contribution in [0.4, 0.5) is 11.4 Å². The summed E-state index contributed by atoms with van der Waals surface area (Å²) in [4.78, 5) is 150. The first-order chi connectivity index (χ1) is 57.5. The number of aliphatic hydroxyl groups excluding tert-OH is 3. The Balaban J connectivity index is 0.880. The summed E-state index contributed by atoms with van der Waals surface area (Å²) in [6.45, 7) is 0.0417. The predicted molar refractivity (Wildman–Crippen MR) is 424 cm³/mol. The molecule has 7 amide bonds. The maximum atomic E-state index is 16.4. The number of rotatable bonds is 11. The molecule has 1 saturated heterocycles. The van der Waals surface area contributed by atoms with Crippen LogP contribution < -0.4 is 72.9 Å². The SMILES string of the molecule is COC(=O)[C@@H]1NC(=O)[C@H]2NC(=O)[C@H](NC(=O)[C@@H]3NC(=O)[C@H]4NC(=O)[C@@H](Cc5ccc(c(Cl)c5)Oc5cc3cc(c5O)Oc3ccc(cc3Cl)[C@H]2O[C@@H]2O[C@H](CO)[C@@H](O)[C@H](O)[C@H]2NC(C)=O)NC(=O)[C@H](Nc2c(NCc3ccc(-c5ccccc5)cc3)c(=O)c2=O)c2ccc(O)c(c2)Oc2cc(O)cc4c2)c2ccc(O)c(c2)-c2c(O)cc(O)cc21. The van der Waals surface area contributed by atoms with Crippen LogP contribution in [-0.2, 0) is 65.5 Å². The molecule has 0 aliphatic carbocycles. The summed E-state index contributed by atoms with van der Waals surface area (Å²) in [5.74, 6) is -17.1. The van der Waals surface area contributed by atoms with Gasteiger partial charge in [-0.1, -0.05) is 102 Å². The zero-order valence-electron chi connectivity index (χ0n) is 62.6. The van der Waals surface area contributed by atoms with Crippen LogP contribution in [0.25, 0.3) is 22.3 Å². The Labute approximate surface area is 687 Å². The number of methoxy groups -OCH3 is 1. The van der Waals surface area contributed by atoms with Gasteiger partial charge in [-0.2, -0.15) is 0 Å². The normalized spacial score (nSPS) is 22.8. The van der Waals surface area contributed by atoms with Gasteiger partial charge in [-0.25, -0.2) is 4.79 Å². The van der Waals surface area contributed by atoms with E-state index in [0.717, 1.165) is 104 Å². The third-order valence-corrected chi connectivity index (χ3v) is 21.4. The van der Waals surface area contributed by atoms with E-state index in [4.69, 9.17) is 51.6 Å². The number of benzene rings is 9. The molecule has 7 heterocycles. The maximum Gasteiger partial charge on any atom is 0.333 e. The predicted octanol–water partition coefficient (Wildman–Crippen LogP) is 6.07. The van der Waals surface area contributed by atoms with Gasteiger partial charge in [-0.05, 0) is 129 Å². The van der Waals surface area contributed by atoms with Crippen LogP contribution in [0.15, 0.2) is 179 Å². The first-order valence-corrected chi connectivity index (χ1v) is 37.7. The van der Waals surface area contributed by atoms with Gasteiger partial charge >= 0.3 is 5.97 Å². The number of esters is 1. The van der Waals surface area contributed by atoms with Crippen molar-refractivity contribution in [2.24, 2.45) is 0 Å². The third kappa shape index (κ3) is 16.2. The molecule has 0 spiro atoms. The largest absolute Gasteiger partial charge is 0.508 e. The molecule has 18 N–H and O–H groups in total. The van der Waals surface area contributed by atoms with Crippen LogP contribution in [0.5, 0.6) is 69.0 Å². The summed E-state index contributed by atoms with van der Waals surface area (Å²) in [7, 11) is 0.913. The molecule has 7 aliphatic rings. The van der Waals surface area contributed by atoms with Crippen molar-refractivity contribution in [3.05, 3.63) is 245 Å². The van der Waals surface area contributed by atoms with Crippen molar-refractivity contribution in [1.82, 2.24) is 37.2 Å². The fraction of sp³-hybridized carbons (Fsp3) is 0.214. The van der Waals surface area contributed by atoms with Crippen molar-refractivity contribution in [2.45, 2.75) is 98.9 Å². The summed E-state index contributed by atoms with van der Waals surface area (Å²) >= 11 is 14.3. The van der Waals surface area contributed by atoms with Crippen molar-refractivity contribution in [1.29, 1.82) is 0 Å². The first kappa shape index (κ1) is 81.2. The highest BCUT2D eigenvalue weighted by Crippen LogP contribution is 2.49. The molecule has 120 heavy (non-hydrogen) atoms. The number of fused-ring (bicyclic) bond motifs is 14. The second-order valence-electron chi connectivity index (χ2n) is 28.8. The van der Waals surface area contributed by atoms with Gasteiger partial charge in [0.1, 0.15) is 118 Å². The number of aliphatic hydroxyl groups is 3. The molecule has 36 heteroatoms. The monoisotopic (exact) mass is 1680 g/mol. The van der Waals surface area contributed by atoms with Gasteiger partial charge in [0.15, 0.2) is 35.3 Å². The summed E-state index contributed by atoms with van der Waals surface area (Å²) in [6, 6.07) is 21.4. The molecular formula is C84H71Cl2N9O25.